The number of rotatable bonds is 4. The number of anilines is 1. The molecule has 1 fully saturated rings. The summed E-state index contributed by atoms with van der Waals surface area (Å²) in [6, 6.07) is 3.51. The summed E-state index contributed by atoms with van der Waals surface area (Å²) in [6.07, 6.45) is 4.17. The van der Waals surface area contributed by atoms with E-state index in [9.17, 15) is 17.6 Å². The second kappa shape index (κ2) is 6.43. The minimum Gasteiger partial charge on any atom is -0.374 e. The maximum absolute atomic E-state index is 13.7. The molecule has 1 N–H and O–H groups in total. The first-order chi connectivity index (χ1) is 9.88. The van der Waals surface area contributed by atoms with Gasteiger partial charge in [0.15, 0.2) is 9.84 Å². The smallest absolute Gasteiger partial charge is 0.241 e. The standard InChI is InChI=1S/C14H19FN2O3S/c1-21(19,20)11-5-6-12(15)13(9-11)16-10-14(18)17-7-3-2-4-8-17/h5-6,9,16H,2-4,7-8,10H2,1H3. The van der Waals surface area contributed by atoms with E-state index in [0.717, 1.165) is 44.7 Å². The average Bonchev–Trinajstić information content (AvgIpc) is 2.45. The third-order valence-corrected chi connectivity index (χ3v) is 4.62. The number of hydrogen-bond acceptors (Lipinski definition) is 4. The second-order valence-corrected chi connectivity index (χ2v) is 7.22. The molecule has 0 aromatic heterocycles. The zero-order valence-electron chi connectivity index (χ0n) is 11.9. The van der Waals surface area contributed by atoms with Crippen LogP contribution in [0.2, 0.25) is 0 Å². The Bertz CT molecular complexity index is 625. The maximum atomic E-state index is 13.7. The molecule has 0 radical (unpaired) electrons. The lowest BCUT2D eigenvalue weighted by atomic mass is 10.1. The Kier molecular flexibility index (Phi) is 4.82. The summed E-state index contributed by atoms with van der Waals surface area (Å²) < 4.78 is 36.6. The van der Waals surface area contributed by atoms with Gasteiger partial charge in [0, 0.05) is 19.3 Å². The van der Waals surface area contributed by atoms with Gasteiger partial charge in [-0.05, 0) is 37.5 Å². The van der Waals surface area contributed by atoms with Crippen molar-refractivity contribution in [2.75, 3.05) is 31.2 Å². The zero-order valence-corrected chi connectivity index (χ0v) is 12.7. The van der Waals surface area contributed by atoms with Gasteiger partial charge in [-0.25, -0.2) is 12.8 Å². The Hall–Kier alpha value is -1.63. The highest BCUT2D eigenvalue weighted by Crippen LogP contribution is 2.19. The van der Waals surface area contributed by atoms with E-state index < -0.39 is 15.7 Å². The Morgan fingerprint density at radius 2 is 1.95 bits per heavy atom. The highest BCUT2D eigenvalue weighted by Gasteiger charge is 2.17. The molecule has 0 spiro atoms. The van der Waals surface area contributed by atoms with Crippen molar-refractivity contribution in [2.45, 2.75) is 24.2 Å². The molecule has 0 unspecified atom stereocenters. The second-order valence-electron chi connectivity index (χ2n) is 5.21. The third-order valence-electron chi connectivity index (χ3n) is 3.50. The lowest BCUT2D eigenvalue weighted by Crippen LogP contribution is -2.39. The van der Waals surface area contributed by atoms with Crippen LogP contribution in [-0.2, 0) is 14.6 Å². The predicted octanol–water partition coefficient (Wildman–Crippen LogP) is 1.65. The predicted molar refractivity (Wildman–Crippen MR) is 78.4 cm³/mol. The van der Waals surface area contributed by atoms with E-state index in [1.165, 1.54) is 12.1 Å². The first-order valence-electron chi connectivity index (χ1n) is 6.89. The van der Waals surface area contributed by atoms with Crippen molar-refractivity contribution in [3.63, 3.8) is 0 Å². The molecular formula is C14H19FN2O3S. The van der Waals surface area contributed by atoms with Crippen LogP contribution in [0.25, 0.3) is 0 Å². The molecule has 116 valence electrons. The maximum Gasteiger partial charge on any atom is 0.241 e. The fraction of sp³-hybridized carbons (Fsp3) is 0.500. The highest BCUT2D eigenvalue weighted by atomic mass is 32.2. The summed E-state index contributed by atoms with van der Waals surface area (Å²) in [6.45, 7) is 1.42. The van der Waals surface area contributed by atoms with Gasteiger partial charge in [-0.1, -0.05) is 0 Å². The summed E-state index contributed by atoms with van der Waals surface area (Å²) in [4.78, 5) is 13.8. The van der Waals surface area contributed by atoms with E-state index in [1.54, 1.807) is 4.90 Å². The number of hydrogen-bond donors (Lipinski definition) is 1. The molecule has 21 heavy (non-hydrogen) atoms. The molecule has 1 saturated heterocycles. The van der Waals surface area contributed by atoms with Crippen LogP contribution < -0.4 is 5.32 Å². The quantitative estimate of drug-likeness (QED) is 0.858. The minimum absolute atomic E-state index is 0.0248. The van der Waals surface area contributed by atoms with Crippen molar-refractivity contribution in [1.29, 1.82) is 0 Å². The molecular weight excluding hydrogens is 295 g/mol. The fourth-order valence-electron chi connectivity index (χ4n) is 2.30. The summed E-state index contributed by atoms with van der Waals surface area (Å²) in [7, 11) is -3.40. The molecule has 1 amide bonds. The van der Waals surface area contributed by atoms with Crippen LogP contribution in [0.15, 0.2) is 23.1 Å². The number of carbonyl (C=O) groups is 1. The molecule has 5 nitrogen and oxygen atoms in total. The van der Waals surface area contributed by atoms with Crippen LogP contribution in [0.3, 0.4) is 0 Å². The van der Waals surface area contributed by atoms with Crippen molar-refractivity contribution < 1.29 is 17.6 Å². The van der Waals surface area contributed by atoms with Gasteiger partial charge in [-0.2, -0.15) is 0 Å². The molecule has 7 heteroatoms. The van der Waals surface area contributed by atoms with Gasteiger partial charge in [0.25, 0.3) is 0 Å². The van der Waals surface area contributed by atoms with Crippen LogP contribution in [0.1, 0.15) is 19.3 Å². The lowest BCUT2D eigenvalue weighted by Gasteiger charge is -2.27. The summed E-state index contributed by atoms with van der Waals surface area (Å²) in [5.41, 5.74) is 0.0308. The van der Waals surface area contributed by atoms with E-state index in [4.69, 9.17) is 0 Å². The lowest BCUT2D eigenvalue weighted by molar-refractivity contribution is -0.130. The molecule has 1 aliphatic heterocycles. The average molecular weight is 314 g/mol. The number of carbonyl (C=O) groups excluding carboxylic acids is 1. The van der Waals surface area contributed by atoms with Crippen LogP contribution in [0.5, 0.6) is 0 Å². The molecule has 2 rings (SSSR count). The number of sulfone groups is 1. The Balaban J connectivity index is 2.04. The largest absolute Gasteiger partial charge is 0.374 e. The SMILES string of the molecule is CS(=O)(=O)c1ccc(F)c(NCC(=O)N2CCCCC2)c1. The van der Waals surface area contributed by atoms with Crippen LogP contribution >= 0.6 is 0 Å². The summed E-state index contributed by atoms with van der Waals surface area (Å²) in [5.74, 6) is -0.673. The van der Waals surface area contributed by atoms with Crippen molar-refractivity contribution in [2.24, 2.45) is 0 Å². The molecule has 0 aliphatic carbocycles. The summed E-state index contributed by atoms with van der Waals surface area (Å²) >= 11 is 0. The highest BCUT2D eigenvalue weighted by molar-refractivity contribution is 7.90. The topological polar surface area (TPSA) is 66.5 Å². The monoisotopic (exact) mass is 314 g/mol. The van der Waals surface area contributed by atoms with Gasteiger partial charge >= 0.3 is 0 Å². The van der Waals surface area contributed by atoms with Crippen LogP contribution in [0.4, 0.5) is 10.1 Å². The first-order valence-corrected chi connectivity index (χ1v) is 8.78. The number of nitrogens with one attached hydrogen (secondary N) is 1. The van der Waals surface area contributed by atoms with Gasteiger partial charge in [0.05, 0.1) is 17.1 Å². The fourth-order valence-corrected chi connectivity index (χ4v) is 2.94. The zero-order chi connectivity index (χ0) is 15.5. The molecule has 1 heterocycles. The van der Waals surface area contributed by atoms with Crippen LogP contribution in [-0.4, -0.2) is 45.1 Å². The van der Waals surface area contributed by atoms with Crippen LogP contribution in [0, 0.1) is 5.82 Å². The number of nitrogens with zero attached hydrogens (tertiary/aromatic N) is 1. The molecule has 0 saturated carbocycles. The normalized spacial score (nSPS) is 15.8. The Labute approximate surface area is 124 Å². The van der Waals surface area contributed by atoms with E-state index in [2.05, 4.69) is 5.32 Å². The van der Waals surface area contributed by atoms with E-state index in [-0.39, 0.29) is 23.0 Å². The minimum atomic E-state index is -3.40. The first kappa shape index (κ1) is 15.8. The van der Waals surface area contributed by atoms with Crippen molar-refractivity contribution in [3.8, 4) is 0 Å². The van der Waals surface area contributed by atoms with Gasteiger partial charge < -0.3 is 10.2 Å². The molecule has 1 aromatic carbocycles. The molecule has 0 atom stereocenters. The molecule has 1 aliphatic rings. The van der Waals surface area contributed by atoms with Gasteiger partial charge in [-0.15, -0.1) is 0 Å². The van der Waals surface area contributed by atoms with Crippen molar-refractivity contribution in [3.05, 3.63) is 24.0 Å². The van der Waals surface area contributed by atoms with Gasteiger partial charge in [0.2, 0.25) is 5.91 Å². The molecule has 1 aromatic rings. The van der Waals surface area contributed by atoms with E-state index in [0.29, 0.717) is 0 Å². The Morgan fingerprint density at radius 3 is 2.57 bits per heavy atom. The molecule has 0 bridgehead atoms. The van der Waals surface area contributed by atoms with Gasteiger partial charge in [-0.3, -0.25) is 4.79 Å². The number of halogens is 1. The number of likely N-dealkylation sites (tertiary alicyclic amines) is 1. The van der Waals surface area contributed by atoms with Crippen molar-refractivity contribution >= 4 is 21.4 Å². The Morgan fingerprint density at radius 1 is 1.29 bits per heavy atom. The summed E-state index contributed by atoms with van der Waals surface area (Å²) in [5, 5.41) is 2.69. The number of piperidine rings is 1. The van der Waals surface area contributed by atoms with E-state index >= 15 is 0 Å². The van der Waals surface area contributed by atoms with E-state index in [1.807, 2.05) is 0 Å². The third kappa shape index (κ3) is 4.17. The van der Waals surface area contributed by atoms with Gasteiger partial charge in [0.1, 0.15) is 5.82 Å². The number of benzene rings is 1. The number of amides is 1. The van der Waals surface area contributed by atoms with Crippen molar-refractivity contribution in [1.82, 2.24) is 4.90 Å².